The fourth-order valence-corrected chi connectivity index (χ4v) is 3.67. The molecule has 1 saturated heterocycles. The summed E-state index contributed by atoms with van der Waals surface area (Å²) in [5, 5.41) is 15.2. The van der Waals surface area contributed by atoms with Gasteiger partial charge in [-0.15, -0.1) is 5.10 Å². The second-order valence-corrected chi connectivity index (χ2v) is 7.47. The highest BCUT2D eigenvalue weighted by molar-refractivity contribution is 7.99. The third-order valence-electron chi connectivity index (χ3n) is 4.36. The molecule has 1 aliphatic heterocycles. The fourth-order valence-electron chi connectivity index (χ4n) is 2.99. The highest BCUT2D eigenvalue weighted by Gasteiger charge is 2.19. The largest absolute Gasteiger partial charge is 0.455 e. The summed E-state index contributed by atoms with van der Waals surface area (Å²) in [4.78, 5) is 12.5. The molecule has 0 radical (unpaired) electrons. The average molecular weight is 411 g/mol. The molecule has 2 heterocycles. The second-order valence-electron chi connectivity index (χ2n) is 6.53. The second kappa shape index (κ2) is 9.53. The number of nitrogens with zero attached hydrogens (tertiary/aromatic N) is 4. The van der Waals surface area contributed by atoms with Gasteiger partial charge in [-0.25, -0.2) is 4.68 Å². The Morgan fingerprint density at radius 2 is 2.03 bits per heavy atom. The van der Waals surface area contributed by atoms with Crippen LogP contribution in [0.15, 0.2) is 59.8 Å². The van der Waals surface area contributed by atoms with E-state index in [1.54, 1.807) is 4.68 Å². The van der Waals surface area contributed by atoms with Crippen molar-refractivity contribution >= 4 is 23.4 Å². The normalized spacial score (nSPS) is 15.9. The van der Waals surface area contributed by atoms with E-state index in [0.29, 0.717) is 28.9 Å². The maximum absolute atomic E-state index is 12.5. The Hall–Kier alpha value is -2.91. The van der Waals surface area contributed by atoms with Crippen molar-refractivity contribution in [2.24, 2.45) is 0 Å². The van der Waals surface area contributed by atoms with Crippen LogP contribution in [0.25, 0.3) is 0 Å². The van der Waals surface area contributed by atoms with Crippen LogP contribution in [0.1, 0.15) is 12.8 Å². The Morgan fingerprint density at radius 3 is 2.86 bits per heavy atom. The smallest absolute Gasteiger partial charge is 0.234 e. The lowest BCUT2D eigenvalue weighted by Gasteiger charge is -2.12. The van der Waals surface area contributed by atoms with Crippen molar-refractivity contribution in [3.05, 3.63) is 54.6 Å². The van der Waals surface area contributed by atoms with Gasteiger partial charge in [0.25, 0.3) is 0 Å². The summed E-state index contributed by atoms with van der Waals surface area (Å²) in [7, 11) is 0. The number of rotatable bonds is 8. The topological polar surface area (TPSA) is 91.2 Å². The molecule has 4 rings (SSSR count). The number of carbonyl (C=O) groups excluding carboxylic acids is 1. The van der Waals surface area contributed by atoms with Crippen LogP contribution in [-0.2, 0) is 16.1 Å². The lowest BCUT2D eigenvalue weighted by molar-refractivity contribution is -0.113. The minimum Gasteiger partial charge on any atom is -0.455 e. The van der Waals surface area contributed by atoms with Gasteiger partial charge in [0.15, 0.2) is 5.75 Å². The number of thioether (sulfide) groups is 1. The van der Waals surface area contributed by atoms with Crippen molar-refractivity contribution in [3.8, 4) is 11.5 Å². The predicted molar refractivity (Wildman–Crippen MR) is 109 cm³/mol. The summed E-state index contributed by atoms with van der Waals surface area (Å²) in [6, 6.07) is 16.8. The van der Waals surface area contributed by atoms with Crippen molar-refractivity contribution in [3.63, 3.8) is 0 Å². The van der Waals surface area contributed by atoms with Crippen molar-refractivity contribution < 1.29 is 14.3 Å². The Morgan fingerprint density at radius 1 is 1.21 bits per heavy atom. The third-order valence-corrected chi connectivity index (χ3v) is 5.32. The lowest BCUT2D eigenvalue weighted by Crippen LogP contribution is -2.18. The van der Waals surface area contributed by atoms with Crippen molar-refractivity contribution in [1.82, 2.24) is 20.2 Å². The van der Waals surface area contributed by atoms with Gasteiger partial charge in [-0.1, -0.05) is 42.1 Å². The van der Waals surface area contributed by atoms with Crippen LogP contribution in [0.3, 0.4) is 0 Å². The molecule has 3 aromatic rings. The number of hydrogen-bond acceptors (Lipinski definition) is 7. The third kappa shape index (κ3) is 5.33. The number of benzene rings is 2. The first-order valence-corrected chi connectivity index (χ1v) is 10.4. The van der Waals surface area contributed by atoms with Gasteiger partial charge in [-0.3, -0.25) is 4.79 Å². The molecule has 1 N–H and O–H groups in total. The molecule has 8 nitrogen and oxygen atoms in total. The van der Waals surface area contributed by atoms with E-state index >= 15 is 0 Å². The molecule has 1 unspecified atom stereocenters. The van der Waals surface area contributed by atoms with E-state index in [-0.39, 0.29) is 17.8 Å². The number of amides is 1. The van der Waals surface area contributed by atoms with Gasteiger partial charge in [0.2, 0.25) is 11.1 Å². The number of hydrogen-bond donors (Lipinski definition) is 1. The van der Waals surface area contributed by atoms with Crippen LogP contribution in [0, 0.1) is 0 Å². The van der Waals surface area contributed by atoms with Gasteiger partial charge in [-0.2, -0.15) is 0 Å². The lowest BCUT2D eigenvalue weighted by atomic mass is 10.2. The average Bonchev–Trinajstić information content (AvgIpc) is 3.41. The summed E-state index contributed by atoms with van der Waals surface area (Å²) in [6.07, 6.45) is 2.19. The number of para-hydroxylation sites is 3. The highest BCUT2D eigenvalue weighted by atomic mass is 32.2. The van der Waals surface area contributed by atoms with Crippen molar-refractivity contribution in [1.29, 1.82) is 0 Å². The molecule has 9 heteroatoms. The van der Waals surface area contributed by atoms with Gasteiger partial charge in [0.05, 0.1) is 24.1 Å². The fraction of sp³-hybridized carbons (Fsp3) is 0.300. The minimum atomic E-state index is -0.161. The van der Waals surface area contributed by atoms with Crippen LogP contribution in [0.2, 0.25) is 0 Å². The van der Waals surface area contributed by atoms with Gasteiger partial charge in [0, 0.05) is 6.61 Å². The molecule has 1 atom stereocenters. The van der Waals surface area contributed by atoms with Crippen molar-refractivity contribution in [2.75, 3.05) is 17.7 Å². The Balaban J connectivity index is 1.34. The number of ether oxygens (including phenoxy) is 2. The van der Waals surface area contributed by atoms with Gasteiger partial charge >= 0.3 is 0 Å². The minimum absolute atomic E-state index is 0.133. The quantitative estimate of drug-likeness (QED) is 0.568. The maximum atomic E-state index is 12.5. The monoisotopic (exact) mass is 411 g/mol. The Labute approximate surface area is 172 Å². The molecule has 1 fully saturated rings. The summed E-state index contributed by atoms with van der Waals surface area (Å²) in [5.74, 6) is 1.31. The molecule has 1 amide bonds. The van der Waals surface area contributed by atoms with Crippen LogP contribution in [-0.4, -0.2) is 44.6 Å². The molecule has 2 aromatic carbocycles. The molecular formula is C20H21N5O3S. The SMILES string of the molecule is O=C(CSc1nnnn1CC1CCCO1)Nc1ccccc1Oc1ccccc1. The van der Waals surface area contributed by atoms with Crippen LogP contribution in [0.4, 0.5) is 5.69 Å². The van der Waals surface area contributed by atoms with Crippen LogP contribution < -0.4 is 10.1 Å². The number of nitrogens with one attached hydrogen (secondary N) is 1. The summed E-state index contributed by atoms with van der Waals surface area (Å²) in [6.45, 7) is 1.38. The molecule has 1 aliphatic rings. The zero-order valence-corrected chi connectivity index (χ0v) is 16.5. The zero-order chi connectivity index (χ0) is 19.9. The predicted octanol–water partition coefficient (Wildman–Crippen LogP) is 3.38. The van der Waals surface area contributed by atoms with Crippen molar-refractivity contribution in [2.45, 2.75) is 30.6 Å². The van der Waals surface area contributed by atoms with E-state index in [9.17, 15) is 4.79 Å². The molecule has 0 aliphatic carbocycles. The van der Waals surface area contributed by atoms with Gasteiger partial charge in [0.1, 0.15) is 5.75 Å². The molecule has 0 saturated carbocycles. The Kier molecular flexibility index (Phi) is 6.38. The first-order valence-electron chi connectivity index (χ1n) is 9.40. The molecule has 29 heavy (non-hydrogen) atoms. The summed E-state index contributed by atoms with van der Waals surface area (Å²) in [5.41, 5.74) is 0.612. The van der Waals surface area contributed by atoms with E-state index < -0.39 is 0 Å². The standard InChI is InChI=1S/C20H21N5O3S/c26-19(14-29-20-22-23-24-25(20)13-16-9-6-12-27-16)21-17-10-4-5-11-18(17)28-15-7-2-1-3-8-15/h1-5,7-8,10-11,16H,6,9,12-14H2,(H,21,26). The van der Waals surface area contributed by atoms with E-state index in [4.69, 9.17) is 9.47 Å². The maximum Gasteiger partial charge on any atom is 0.234 e. The number of carbonyl (C=O) groups is 1. The Bertz CT molecular complexity index is 944. The van der Waals surface area contributed by atoms with E-state index in [1.165, 1.54) is 11.8 Å². The highest BCUT2D eigenvalue weighted by Crippen LogP contribution is 2.29. The number of aromatic nitrogens is 4. The molecule has 150 valence electrons. The summed E-state index contributed by atoms with van der Waals surface area (Å²) < 4.78 is 13.2. The summed E-state index contributed by atoms with van der Waals surface area (Å²) >= 11 is 1.29. The first kappa shape index (κ1) is 19.4. The molecular weight excluding hydrogens is 390 g/mol. The number of anilines is 1. The van der Waals surface area contributed by atoms with Gasteiger partial charge in [-0.05, 0) is 47.5 Å². The van der Waals surface area contributed by atoms with Crippen LogP contribution >= 0.6 is 11.8 Å². The van der Waals surface area contributed by atoms with Gasteiger partial charge < -0.3 is 14.8 Å². The molecule has 0 spiro atoms. The van der Waals surface area contributed by atoms with E-state index in [0.717, 1.165) is 19.4 Å². The van der Waals surface area contributed by atoms with E-state index in [2.05, 4.69) is 20.8 Å². The first-order chi connectivity index (χ1) is 14.3. The zero-order valence-electron chi connectivity index (χ0n) is 15.7. The molecule has 0 bridgehead atoms. The van der Waals surface area contributed by atoms with Crippen LogP contribution in [0.5, 0.6) is 11.5 Å². The van der Waals surface area contributed by atoms with E-state index in [1.807, 2.05) is 54.6 Å². The number of tetrazole rings is 1. The molecule has 1 aromatic heterocycles.